The smallest absolute Gasteiger partial charge is 0.229 e. The van der Waals surface area contributed by atoms with Crippen LogP contribution in [0.2, 0.25) is 0 Å². The lowest BCUT2D eigenvalue weighted by Crippen LogP contribution is -2.29. The Morgan fingerprint density at radius 2 is 2.28 bits per heavy atom. The number of hydrogen-bond acceptors (Lipinski definition) is 3. The molecule has 1 aliphatic carbocycles. The molecule has 0 spiro atoms. The predicted molar refractivity (Wildman–Crippen MR) is 77.9 cm³/mol. The molecule has 2 aliphatic rings. The van der Waals surface area contributed by atoms with Crippen LogP contribution in [0.4, 0.5) is 0 Å². The molecule has 1 aromatic rings. The van der Waals surface area contributed by atoms with Crippen molar-refractivity contribution < 1.29 is 4.79 Å². The van der Waals surface area contributed by atoms with Gasteiger partial charge in [-0.2, -0.15) is 0 Å². The Bertz CT molecular complexity index is 517. The second-order valence-corrected chi connectivity index (χ2v) is 6.43. The summed E-state index contributed by atoms with van der Waals surface area (Å²) >= 11 is 5.17. The highest BCUT2D eigenvalue weighted by Crippen LogP contribution is 2.49. The van der Waals surface area contributed by atoms with Gasteiger partial charge in [-0.05, 0) is 24.0 Å². The highest BCUT2D eigenvalue weighted by molar-refractivity contribution is 9.10. The molecule has 0 aromatic heterocycles. The number of hydrogen-bond donors (Lipinski definition) is 1. The lowest BCUT2D eigenvalue weighted by molar-refractivity contribution is -0.120. The van der Waals surface area contributed by atoms with Crippen molar-refractivity contribution in [3.63, 3.8) is 0 Å². The summed E-state index contributed by atoms with van der Waals surface area (Å²) in [5, 5.41) is 3.71. The first-order chi connectivity index (χ1) is 8.75. The third-order valence-corrected chi connectivity index (χ3v) is 4.86. The summed E-state index contributed by atoms with van der Waals surface area (Å²) in [4.78, 5) is 16.3. The molecule has 1 saturated carbocycles. The fraction of sp³-hybridized carbons (Fsp3) is 0.385. The van der Waals surface area contributed by atoms with E-state index in [-0.39, 0.29) is 11.8 Å². The van der Waals surface area contributed by atoms with Gasteiger partial charge in [0.15, 0.2) is 5.17 Å². The van der Waals surface area contributed by atoms with Crippen LogP contribution in [0.5, 0.6) is 0 Å². The zero-order valence-corrected chi connectivity index (χ0v) is 12.1. The largest absolute Gasteiger partial charge is 0.305 e. The minimum atomic E-state index is 0.104. The molecular weight excluding hydrogens is 312 g/mol. The Labute approximate surface area is 119 Å². The van der Waals surface area contributed by atoms with Crippen LogP contribution in [-0.2, 0) is 4.79 Å². The van der Waals surface area contributed by atoms with E-state index in [0.717, 1.165) is 28.4 Å². The minimum Gasteiger partial charge on any atom is -0.305 e. The minimum absolute atomic E-state index is 0.104. The van der Waals surface area contributed by atoms with Crippen molar-refractivity contribution >= 4 is 38.8 Å². The Balaban J connectivity index is 1.63. The molecule has 18 heavy (non-hydrogen) atoms. The number of amidine groups is 1. The van der Waals surface area contributed by atoms with E-state index in [1.807, 2.05) is 18.2 Å². The molecule has 1 aliphatic heterocycles. The van der Waals surface area contributed by atoms with Crippen LogP contribution in [0.15, 0.2) is 33.7 Å². The van der Waals surface area contributed by atoms with Crippen LogP contribution in [0.3, 0.4) is 0 Å². The molecule has 1 heterocycles. The molecule has 0 saturated heterocycles. The summed E-state index contributed by atoms with van der Waals surface area (Å²) in [7, 11) is 0. The molecule has 1 fully saturated rings. The first kappa shape index (κ1) is 12.2. The molecule has 0 radical (unpaired) electrons. The second-order valence-electron chi connectivity index (χ2n) is 4.49. The van der Waals surface area contributed by atoms with Gasteiger partial charge in [-0.3, -0.25) is 9.79 Å². The van der Waals surface area contributed by atoms with Crippen molar-refractivity contribution in [2.75, 3.05) is 12.3 Å². The van der Waals surface area contributed by atoms with Crippen LogP contribution in [0.1, 0.15) is 17.9 Å². The number of carbonyl (C=O) groups is 1. The fourth-order valence-electron chi connectivity index (χ4n) is 2.21. The Hall–Kier alpha value is -0.810. The zero-order valence-electron chi connectivity index (χ0n) is 9.73. The van der Waals surface area contributed by atoms with Gasteiger partial charge >= 0.3 is 0 Å². The second kappa shape index (κ2) is 5.05. The van der Waals surface area contributed by atoms with Crippen molar-refractivity contribution in [3.05, 3.63) is 34.3 Å². The summed E-state index contributed by atoms with van der Waals surface area (Å²) in [5.41, 5.74) is 1.23. The van der Waals surface area contributed by atoms with Crippen molar-refractivity contribution in [2.24, 2.45) is 10.9 Å². The summed E-state index contributed by atoms with van der Waals surface area (Å²) in [5.74, 6) is 1.55. The molecule has 1 N–H and O–H groups in total. The number of nitrogens with zero attached hydrogens (tertiary/aromatic N) is 1. The van der Waals surface area contributed by atoms with Gasteiger partial charge in [0.25, 0.3) is 0 Å². The van der Waals surface area contributed by atoms with Gasteiger partial charge in [0.2, 0.25) is 5.91 Å². The van der Waals surface area contributed by atoms with Gasteiger partial charge in [0.05, 0.1) is 6.54 Å². The Morgan fingerprint density at radius 3 is 3.00 bits per heavy atom. The van der Waals surface area contributed by atoms with Gasteiger partial charge in [0.1, 0.15) is 0 Å². The van der Waals surface area contributed by atoms with E-state index in [9.17, 15) is 4.79 Å². The van der Waals surface area contributed by atoms with E-state index in [0.29, 0.717) is 5.92 Å². The first-order valence-corrected chi connectivity index (χ1v) is 7.76. The summed E-state index contributed by atoms with van der Waals surface area (Å²) < 4.78 is 1.10. The normalized spacial score (nSPS) is 25.7. The number of halogens is 1. The van der Waals surface area contributed by atoms with E-state index in [2.05, 4.69) is 32.3 Å². The van der Waals surface area contributed by atoms with Crippen molar-refractivity contribution in [2.45, 2.75) is 12.3 Å². The van der Waals surface area contributed by atoms with Crippen molar-refractivity contribution in [1.82, 2.24) is 5.32 Å². The van der Waals surface area contributed by atoms with Crippen LogP contribution in [0, 0.1) is 5.92 Å². The quantitative estimate of drug-likeness (QED) is 0.908. The highest BCUT2D eigenvalue weighted by atomic mass is 79.9. The number of nitrogens with one attached hydrogen (secondary N) is 1. The number of aliphatic imine (C=N–C) groups is 1. The zero-order chi connectivity index (χ0) is 12.5. The molecule has 0 unspecified atom stereocenters. The molecule has 1 amide bonds. The maximum Gasteiger partial charge on any atom is 0.229 e. The van der Waals surface area contributed by atoms with Gasteiger partial charge in [-0.25, -0.2) is 0 Å². The predicted octanol–water partition coefficient (Wildman–Crippen LogP) is 2.77. The standard InChI is InChI=1S/C13H13BrN2OS/c14-11-4-2-1-3-8(11)9-7-10(9)12(17)16-13-15-5-6-18-13/h1-4,9-10H,5-7H2,(H,15,16,17)/t9-,10-/m0/s1. The fourth-order valence-corrected chi connectivity index (χ4v) is 3.52. The Morgan fingerprint density at radius 1 is 1.44 bits per heavy atom. The number of benzene rings is 1. The third-order valence-electron chi connectivity index (χ3n) is 3.25. The SMILES string of the molecule is O=C(NC1=NCCS1)[C@H]1C[C@H]1c1ccccc1Br. The van der Waals surface area contributed by atoms with Gasteiger partial charge in [0, 0.05) is 16.1 Å². The van der Waals surface area contributed by atoms with Crippen LogP contribution < -0.4 is 5.32 Å². The molecular formula is C13H13BrN2OS. The van der Waals surface area contributed by atoms with Crippen LogP contribution >= 0.6 is 27.7 Å². The lowest BCUT2D eigenvalue weighted by Gasteiger charge is -2.05. The van der Waals surface area contributed by atoms with Crippen molar-refractivity contribution in [1.29, 1.82) is 0 Å². The number of amides is 1. The van der Waals surface area contributed by atoms with Crippen molar-refractivity contribution in [3.8, 4) is 0 Å². The lowest BCUT2D eigenvalue weighted by atomic mass is 10.1. The topological polar surface area (TPSA) is 41.5 Å². The molecule has 0 bridgehead atoms. The third kappa shape index (κ3) is 2.47. The molecule has 94 valence electrons. The molecule has 2 atom stereocenters. The van der Waals surface area contributed by atoms with Gasteiger partial charge in [-0.1, -0.05) is 45.9 Å². The number of carbonyl (C=O) groups excluding carboxylic acids is 1. The Kier molecular flexibility index (Phi) is 3.43. The maximum atomic E-state index is 12.0. The summed E-state index contributed by atoms with van der Waals surface area (Å²) in [6.07, 6.45) is 0.937. The number of rotatable bonds is 2. The van der Waals surface area contributed by atoms with Gasteiger partial charge in [-0.15, -0.1) is 0 Å². The van der Waals surface area contributed by atoms with E-state index >= 15 is 0 Å². The van der Waals surface area contributed by atoms with E-state index in [4.69, 9.17) is 0 Å². The molecule has 5 heteroatoms. The molecule has 1 aromatic carbocycles. The maximum absolute atomic E-state index is 12.0. The monoisotopic (exact) mass is 324 g/mol. The molecule has 3 rings (SSSR count). The van der Waals surface area contributed by atoms with E-state index in [1.165, 1.54) is 5.56 Å². The van der Waals surface area contributed by atoms with Crippen LogP contribution in [0.25, 0.3) is 0 Å². The summed E-state index contributed by atoms with van der Waals surface area (Å²) in [6.45, 7) is 0.818. The van der Waals surface area contributed by atoms with E-state index in [1.54, 1.807) is 11.8 Å². The molecule has 3 nitrogen and oxygen atoms in total. The van der Waals surface area contributed by atoms with Gasteiger partial charge < -0.3 is 5.32 Å². The highest BCUT2D eigenvalue weighted by Gasteiger charge is 2.45. The van der Waals surface area contributed by atoms with Crippen LogP contribution in [-0.4, -0.2) is 23.4 Å². The average Bonchev–Trinajstić information content (AvgIpc) is 3.00. The van der Waals surface area contributed by atoms with E-state index < -0.39 is 0 Å². The number of thioether (sulfide) groups is 1. The summed E-state index contributed by atoms with van der Waals surface area (Å²) in [6, 6.07) is 8.13. The first-order valence-electron chi connectivity index (χ1n) is 5.98. The average molecular weight is 325 g/mol.